The van der Waals surface area contributed by atoms with E-state index in [9.17, 15) is 22.4 Å². The Bertz CT molecular complexity index is 1360. The van der Waals surface area contributed by atoms with E-state index in [2.05, 4.69) is 10.9 Å². The Kier molecular flexibility index (Phi) is 7.13. The minimum Gasteiger partial charge on any atom is -0.478 e. The number of hydrazine groups is 1. The van der Waals surface area contributed by atoms with E-state index in [0.717, 1.165) is 11.1 Å². The lowest BCUT2D eigenvalue weighted by molar-refractivity contribution is -0.128. The van der Waals surface area contributed by atoms with Crippen LogP contribution in [0.1, 0.15) is 28.4 Å². The third-order valence-corrected chi connectivity index (χ3v) is 7.48. The normalized spacial score (nSPS) is 14.5. The van der Waals surface area contributed by atoms with Gasteiger partial charge in [0.25, 0.3) is 11.8 Å². The predicted octanol–water partition coefficient (Wildman–Crippen LogP) is 2.80. The molecule has 4 rings (SSSR count). The van der Waals surface area contributed by atoms with Gasteiger partial charge in [-0.25, -0.2) is 12.8 Å². The molecule has 1 aliphatic heterocycles. The Labute approximate surface area is 202 Å². The summed E-state index contributed by atoms with van der Waals surface area (Å²) >= 11 is 0. The minimum atomic E-state index is -3.83. The summed E-state index contributed by atoms with van der Waals surface area (Å²) in [5.41, 5.74) is 6.56. The van der Waals surface area contributed by atoms with Gasteiger partial charge in [-0.15, -0.1) is 0 Å². The number of ether oxygens (including phenoxy) is 1. The van der Waals surface area contributed by atoms with Gasteiger partial charge in [-0.2, -0.15) is 4.31 Å². The number of amides is 2. The summed E-state index contributed by atoms with van der Waals surface area (Å²) in [6.07, 6.45) is -0.490. The summed E-state index contributed by atoms with van der Waals surface area (Å²) in [5, 5.41) is 0. The molecule has 0 aliphatic carbocycles. The highest BCUT2D eigenvalue weighted by Crippen LogP contribution is 2.25. The molecule has 3 aromatic carbocycles. The number of hydrogen-bond acceptors (Lipinski definition) is 5. The fourth-order valence-corrected chi connectivity index (χ4v) is 5.16. The smallest absolute Gasteiger partial charge is 0.279 e. The maximum atomic E-state index is 13.7. The molecule has 10 heteroatoms. The van der Waals surface area contributed by atoms with E-state index >= 15 is 0 Å². The highest BCUT2D eigenvalue weighted by molar-refractivity contribution is 7.89. The summed E-state index contributed by atoms with van der Waals surface area (Å²) in [7, 11) is -3.83. The van der Waals surface area contributed by atoms with E-state index in [1.54, 1.807) is 6.07 Å². The maximum Gasteiger partial charge on any atom is 0.279 e. The number of carbonyl (C=O) groups is 2. The molecule has 0 aromatic heterocycles. The maximum absolute atomic E-state index is 13.7. The summed E-state index contributed by atoms with van der Waals surface area (Å²) < 4.78 is 46.8. The second kappa shape index (κ2) is 10.2. The fraction of sp³-hybridized carbons (Fsp3) is 0.200. The quantitative estimate of drug-likeness (QED) is 0.510. The van der Waals surface area contributed by atoms with Crippen molar-refractivity contribution < 1.29 is 27.1 Å². The molecule has 1 heterocycles. The number of rotatable bonds is 6. The van der Waals surface area contributed by atoms with Crippen LogP contribution in [0.25, 0.3) is 0 Å². The number of hydrogen-bond donors (Lipinski definition) is 2. The second-order valence-corrected chi connectivity index (χ2v) is 9.96. The van der Waals surface area contributed by atoms with Crippen LogP contribution in [0.3, 0.4) is 0 Å². The number of nitrogens with zero attached hydrogens (tertiary/aromatic N) is 1. The lowest BCUT2D eigenvalue weighted by Gasteiger charge is -2.28. The van der Waals surface area contributed by atoms with Crippen LogP contribution in [0.2, 0.25) is 0 Å². The Hall–Kier alpha value is -3.76. The predicted molar refractivity (Wildman–Crippen MR) is 126 cm³/mol. The Morgan fingerprint density at radius 2 is 1.69 bits per heavy atom. The molecule has 2 amide bonds. The van der Waals surface area contributed by atoms with Crippen molar-refractivity contribution in [2.24, 2.45) is 0 Å². The van der Waals surface area contributed by atoms with Crippen molar-refractivity contribution in [3.63, 3.8) is 0 Å². The standard InChI is InChI=1S/C25H24FN3O5S/c1-17(34-23-12-5-4-11-22(23)26)24(30)27-28-25(31)19-9-6-10-21(15-19)35(32,33)29-14-13-18-7-2-3-8-20(18)16-29/h2-12,15,17H,13-14,16H2,1H3,(H,27,30)(H,28,31). The van der Waals surface area contributed by atoms with Crippen molar-refractivity contribution >= 4 is 21.8 Å². The highest BCUT2D eigenvalue weighted by atomic mass is 32.2. The van der Waals surface area contributed by atoms with Crippen LogP contribution < -0.4 is 15.6 Å². The number of nitrogens with one attached hydrogen (secondary N) is 2. The molecular formula is C25H24FN3O5S. The minimum absolute atomic E-state index is 0.0212. The molecule has 0 fully saturated rings. The Balaban J connectivity index is 1.40. The molecule has 182 valence electrons. The van der Waals surface area contributed by atoms with Crippen LogP contribution in [0, 0.1) is 5.82 Å². The summed E-state index contributed by atoms with van der Waals surface area (Å²) in [5.74, 6) is -2.14. The summed E-state index contributed by atoms with van der Waals surface area (Å²) in [4.78, 5) is 24.8. The third kappa shape index (κ3) is 5.50. The summed E-state index contributed by atoms with van der Waals surface area (Å²) in [6, 6.07) is 18.9. The average Bonchev–Trinajstić information content (AvgIpc) is 2.88. The molecule has 0 bridgehead atoms. The Morgan fingerprint density at radius 3 is 2.46 bits per heavy atom. The van der Waals surface area contributed by atoms with Crippen LogP contribution in [0.15, 0.2) is 77.7 Å². The Morgan fingerprint density at radius 1 is 0.971 bits per heavy atom. The van der Waals surface area contributed by atoms with E-state index in [4.69, 9.17) is 4.74 Å². The van der Waals surface area contributed by atoms with Gasteiger partial charge in [0.15, 0.2) is 17.7 Å². The molecule has 8 nitrogen and oxygen atoms in total. The van der Waals surface area contributed by atoms with Crippen molar-refractivity contribution in [1.29, 1.82) is 0 Å². The number of benzene rings is 3. The SMILES string of the molecule is CC(Oc1ccccc1F)C(=O)NNC(=O)c1cccc(S(=O)(=O)N2CCc3ccccc3C2)c1. The second-order valence-electron chi connectivity index (χ2n) is 8.02. The van der Waals surface area contributed by atoms with E-state index in [1.807, 2.05) is 24.3 Å². The lowest BCUT2D eigenvalue weighted by atomic mass is 10.0. The fourth-order valence-electron chi connectivity index (χ4n) is 3.70. The van der Waals surface area contributed by atoms with Crippen molar-refractivity contribution in [2.75, 3.05) is 6.54 Å². The highest BCUT2D eigenvalue weighted by Gasteiger charge is 2.28. The van der Waals surface area contributed by atoms with Crippen molar-refractivity contribution in [1.82, 2.24) is 15.2 Å². The van der Waals surface area contributed by atoms with Gasteiger partial charge >= 0.3 is 0 Å². The van der Waals surface area contributed by atoms with Gasteiger partial charge in [-0.1, -0.05) is 42.5 Å². The first-order valence-corrected chi connectivity index (χ1v) is 12.4. The topological polar surface area (TPSA) is 105 Å². The van der Waals surface area contributed by atoms with Crippen molar-refractivity contribution in [3.05, 3.63) is 95.3 Å². The molecule has 0 radical (unpaired) electrons. The third-order valence-electron chi connectivity index (χ3n) is 5.64. The average molecular weight is 498 g/mol. The zero-order chi connectivity index (χ0) is 25.0. The van der Waals surface area contributed by atoms with Crippen LogP contribution in [0.5, 0.6) is 5.75 Å². The number of sulfonamides is 1. The molecule has 0 saturated carbocycles. The van der Waals surface area contributed by atoms with Crippen molar-refractivity contribution in [3.8, 4) is 5.75 Å². The van der Waals surface area contributed by atoms with Gasteiger partial charge in [0, 0.05) is 18.7 Å². The number of para-hydroxylation sites is 1. The van der Waals surface area contributed by atoms with Gasteiger partial charge in [-0.05, 0) is 54.8 Å². The zero-order valence-corrected chi connectivity index (χ0v) is 19.7. The van der Waals surface area contributed by atoms with Gasteiger partial charge in [0.2, 0.25) is 10.0 Å². The lowest BCUT2D eigenvalue weighted by Crippen LogP contribution is -2.47. The first-order chi connectivity index (χ1) is 16.8. The van der Waals surface area contributed by atoms with Gasteiger partial charge in [-0.3, -0.25) is 20.4 Å². The van der Waals surface area contributed by atoms with Gasteiger partial charge in [0.05, 0.1) is 4.90 Å². The first kappa shape index (κ1) is 24.4. The summed E-state index contributed by atoms with van der Waals surface area (Å²) in [6.45, 7) is 1.99. The molecule has 1 unspecified atom stereocenters. The monoisotopic (exact) mass is 497 g/mol. The van der Waals surface area contributed by atoms with Crippen molar-refractivity contribution in [2.45, 2.75) is 30.9 Å². The first-order valence-electron chi connectivity index (χ1n) is 10.9. The van der Waals surface area contributed by atoms with E-state index < -0.39 is 33.8 Å². The largest absolute Gasteiger partial charge is 0.478 e. The molecule has 3 aromatic rings. The molecule has 0 spiro atoms. The van der Waals surface area contributed by atoms with Crippen LogP contribution >= 0.6 is 0 Å². The van der Waals surface area contributed by atoms with Crippen LogP contribution in [-0.2, 0) is 27.8 Å². The van der Waals surface area contributed by atoms with E-state index in [1.165, 1.54) is 53.7 Å². The molecule has 2 N–H and O–H groups in total. The van der Waals surface area contributed by atoms with Crippen LogP contribution in [0.4, 0.5) is 4.39 Å². The molecule has 1 atom stereocenters. The molecular weight excluding hydrogens is 473 g/mol. The zero-order valence-electron chi connectivity index (χ0n) is 18.9. The van der Waals surface area contributed by atoms with E-state index in [0.29, 0.717) is 13.0 Å². The molecule has 0 saturated heterocycles. The number of fused-ring (bicyclic) bond motifs is 1. The molecule has 35 heavy (non-hydrogen) atoms. The van der Waals surface area contributed by atoms with Crippen LogP contribution in [-0.4, -0.2) is 37.2 Å². The van der Waals surface area contributed by atoms with Gasteiger partial charge in [0.1, 0.15) is 0 Å². The van der Waals surface area contributed by atoms with E-state index in [-0.39, 0.29) is 22.8 Å². The number of halogens is 1. The molecule has 1 aliphatic rings. The van der Waals surface area contributed by atoms with Gasteiger partial charge < -0.3 is 4.74 Å². The number of carbonyl (C=O) groups excluding carboxylic acids is 2.